The lowest BCUT2D eigenvalue weighted by Gasteiger charge is -2.05. The van der Waals surface area contributed by atoms with Crippen molar-refractivity contribution in [2.45, 2.75) is 6.18 Å². The summed E-state index contributed by atoms with van der Waals surface area (Å²) < 4.78 is 59.0. The molecule has 0 atom stereocenters. The predicted octanol–water partition coefficient (Wildman–Crippen LogP) is 3.44. The number of alkyl halides is 3. The molecule has 68 valence electrons. The van der Waals surface area contributed by atoms with Gasteiger partial charge in [-0.2, -0.15) is 13.2 Å². The minimum absolute atomic E-state index is 0.422. The SMILES string of the molecule is C=CC(C(=C)F)=C(F)C(F)(F)F. The van der Waals surface area contributed by atoms with Gasteiger partial charge in [0.25, 0.3) is 0 Å². The lowest BCUT2D eigenvalue weighted by molar-refractivity contribution is -0.109. The molecule has 0 aliphatic carbocycles. The second kappa shape index (κ2) is 3.51. The highest BCUT2D eigenvalue weighted by molar-refractivity contribution is 5.36. The van der Waals surface area contributed by atoms with Gasteiger partial charge in [-0.25, -0.2) is 8.78 Å². The van der Waals surface area contributed by atoms with Crippen LogP contribution >= 0.6 is 0 Å². The first-order valence-electron chi connectivity index (χ1n) is 2.75. The molecule has 0 N–H and O–H groups in total. The van der Waals surface area contributed by atoms with Crippen LogP contribution in [0.25, 0.3) is 0 Å². The number of hydrogen-bond donors (Lipinski definition) is 0. The highest BCUT2D eigenvalue weighted by Crippen LogP contribution is 2.32. The fourth-order valence-electron chi connectivity index (χ4n) is 0.472. The third kappa shape index (κ3) is 2.48. The van der Waals surface area contributed by atoms with Crippen molar-refractivity contribution >= 4 is 0 Å². The molecular formula is C7H5F5. The van der Waals surface area contributed by atoms with E-state index in [4.69, 9.17) is 0 Å². The molecule has 0 rings (SSSR count). The predicted molar refractivity (Wildman–Crippen MR) is 34.6 cm³/mol. The fourth-order valence-corrected chi connectivity index (χ4v) is 0.472. The summed E-state index contributed by atoms with van der Waals surface area (Å²) in [5.41, 5.74) is -1.26. The van der Waals surface area contributed by atoms with Crippen LogP contribution in [0.3, 0.4) is 0 Å². The van der Waals surface area contributed by atoms with E-state index in [1.807, 2.05) is 0 Å². The summed E-state index contributed by atoms with van der Waals surface area (Å²) in [4.78, 5) is 0. The first-order valence-corrected chi connectivity index (χ1v) is 2.75. The van der Waals surface area contributed by atoms with E-state index in [1.54, 1.807) is 0 Å². The summed E-state index contributed by atoms with van der Waals surface area (Å²) in [7, 11) is 0. The molecule has 0 unspecified atom stereocenters. The Morgan fingerprint density at radius 3 is 1.67 bits per heavy atom. The van der Waals surface area contributed by atoms with Crippen molar-refractivity contribution in [2.75, 3.05) is 0 Å². The topological polar surface area (TPSA) is 0 Å². The summed E-state index contributed by atoms with van der Waals surface area (Å²) in [6.07, 6.45) is -4.77. The Balaban J connectivity index is 5.12. The van der Waals surface area contributed by atoms with E-state index in [0.29, 0.717) is 6.08 Å². The molecule has 0 nitrogen and oxygen atoms in total. The van der Waals surface area contributed by atoms with Crippen molar-refractivity contribution in [3.05, 3.63) is 36.5 Å². The molecule has 0 saturated heterocycles. The van der Waals surface area contributed by atoms with Crippen molar-refractivity contribution in [3.63, 3.8) is 0 Å². The average Bonchev–Trinajstić information content (AvgIpc) is 1.86. The number of halogens is 5. The molecule has 12 heavy (non-hydrogen) atoms. The highest BCUT2D eigenvalue weighted by Gasteiger charge is 2.37. The maximum atomic E-state index is 12.2. The van der Waals surface area contributed by atoms with E-state index < -0.39 is 23.4 Å². The van der Waals surface area contributed by atoms with Crippen molar-refractivity contribution in [3.8, 4) is 0 Å². The van der Waals surface area contributed by atoms with Crippen molar-refractivity contribution in [1.82, 2.24) is 0 Å². The van der Waals surface area contributed by atoms with E-state index in [0.717, 1.165) is 0 Å². The second-order valence-corrected chi connectivity index (χ2v) is 1.83. The minimum atomic E-state index is -5.20. The normalized spacial score (nSPS) is 13.8. The summed E-state index contributed by atoms with van der Waals surface area (Å²) in [6, 6.07) is 0. The maximum absolute atomic E-state index is 12.2. The van der Waals surface area contributed by atoms with Gasteiger partial charge in [0.15, 0.2) is 0 Å². The van der Waals surface area contributed by atoms with Crippen LogP contribution in [-0.2, 0) is 0 Å². The molecule has 0 aliphatic heterocycles. The van der Waals surface area contributed by atoms with Gasteiger partial charge in [0.1, 0.15) is 5.83 Å². The Morgan fingerprint density at radius 2 is 1.58 bits per heavy atom. The van der Waals surface area contributed by atoms with E-state index in [2.05, 4.69) is 13.2 Å². The average molecular weight is 184 g/mol. The second-order valence-electron chi connectivity index (χ2n) is 1.83. The van der Waals surface area contributed by atoms with Gasteiger partial charge in [0, 0.05) is 5.57 Å². The van der Waals surface area contributed by atoms with Crippen molar-refractivity contribution < 1.29 is 22.0 Å². The lowest BCUT2D eigenvalue weighted by Crippen LogP contribution is -2.10. The summed E-state index contributed by atoms with van der Waals surface area (Å²) in [6.45, 7) is 5.34. The summed E-state index contributed by atoms with van der Waals surface area (Å²) in [5, 5.41) is 0. The van der Waals surface area contributed by atoms with E-state index >= 15 is 0 Å². The van der Waals surface area contributed by atoms with Crippen LogP contribution in [-0.4, -0.2) is 6.18 Å². The zero-order valence-corrected chi connectivity index (χ0v) is 5.88. The van der Waals surface area contributed by atoms with Crippen molar-refractivity contribution in [2.24, 2.45) is 0 Å². The largest absolute Gasteiger partial charge is 0.443 e. The van der Waals surface area contributed by atoms with Gasteiger partial charge in [0.05, 0.1) is 0 Å². The van der Waals surface area contributed by atoms with Crippen LogP contribution in [0.4, 0.5) is 22.0 Å². The molecule has 0 fully saturated rings. The van der Waals surface area contributed by atoms with E-state index in [9.17, 15) is 22.0 Å². The Hall–Kier alpha value is -1.13. The van der Waals surface area contributed by atoms with Gasteiger partial charge in [-0.3, -0.25) is 0 Å². The molecule has 0 spiro atoms. The molecule has 0 bridgehead atoms. The number of rotatable bonds is 2. The first kappa shape index (κ1) is 10.9. The van der Waals surface area contributed by atoms with Crippen LogP contribution in [0.15, 0.2) is 36.5 Å². The zero-order valence-electron chi connectivity index (χ0n) is 5.88. The Labute approximate surface area is 65.7 Å². The fraction of sp³-hybridized carbons (Fsp3) is 0.143. The summed E-state index contributed by atoms with van der Waals surface area (Å²) in [5.74, 6) is -4.02. The lowest BCUT2D eigenvalue weighted by atomic mass is 10.2. The van der Waals surface area contributed by atoms with Gasteiger partial charge in [-0.1, -0.05) is 19.2 Å². The Bertz CT molecular complexity index is 233. The molecule has 0 heterocycles. The van der Waals surface area contributed by atoms with Crippen molar-refractivity contribution in [1.29, 1.82) is 0 Å². The number of hydrogen-bond acceptors (Lipinski definition) is 0. The van der Waals surface area contributed by atoms with Gasteiger partial charge in [-0.15, -0.1) is 0 Å². The Morgan fingerprint density at radius 1 is 1.17 bits per heavy atom. The molecule has 0 aromatic carbocycles. The molecular weight excluding hydrogens is 179 g/mol. The van der Waals surface area contributed by atoms with Gasteiger partial charge >= 0.3 is 6.18 Å². The Kier molecular flexibility index (Phi) is 3.18. The first-order chi connectivity index (χ1) is 5.30. The molecule has 0 amide bonds. The van der Waals surface area contributed by atoms with Gasteiger partial charge in [0.2, 0.25) is 5.83 Å². The van der Waals surface area contributed by atoms with Gasteiger partial charge < -0.3 is 0 Å². The quantitative estimate of drug-likeness (QED) is 0.455. The third-order valence-corrected chi connectivity index (χ3v) is 0.982. The molecule has 0 aliphatic rings. The van der Waals surface area contributed by atoms with Crippen LogP contribution in [0, 0.1) is 0 Å². The van der Waals surface area contributed by atoms with E-state index in [1.165, 1.54) is 0 Å². The van der Waals surface area contributed by atoms with Crippen LogP contribution in [0.1, 0.15) is 0 Å². The maximum Gasteiger partial charge on any atom is 0.443 e. The van der Waals surface area contributed by atoms with Crippen LogP contribution in [0.2, 0.25) is 0 Å². The van der Waals surface area contributed by atoms with Crippen LogP contribution in [0.5, 0.6) is 0 Å². The van der Waals surface area contributed by atoms with E-state index in [-0.39, 0.29) is 0 Å². The molecule has 5 heteroatoms. The molecule has 0 saturated carbocycles. The molecule has 0 radical (unpaired) electrons. The van der Waals surface area contributed by atoms with Gasteiger partial charge in [-0.05, 0) is 0 Å². The molecule has 0 aromatic rings. The zero-order chi connectivity index (χ0) is 9.94. The smallest absolute Gasteiger partial charge is 0.207 e. The number of allylic oxidation sites excluding steroid dienone is 4. The highest BCUT2D eigenvalue weighted by atomic mass is 19.4. The monoisotopic (exact) mass is 184 g/mol. The standard InChI is InChI=1S/C7H5F5/c1-3-5(4(2)8)6(9)7(10,11)12/h3H,1-2H2. The summed E-state index contributed by atoms with van der Waals surface area (Å²) >= 11 is 0. The molecule has 0 aromatic heterocycles. The van der Waals surface area contributed by atoms with Crippen LogP contribution < -0.4 is 0 Å². The third-order valence-electron chi connectivity index (χ3n) is 0.982. The minimum Gasteiger partial charge on any atom is -0.207 e.